The largest absolute Gasteiger partial charge is 0.481 e. The lowest BCUT2D eigenvalue weighted by Crippen LogP contribution is -2.58. The predicted octanol–water partition coefficient (Wildman–Crippen LogP) is -2.23. The molecule has 166 valence electrons. The Balaban J connectivity index is 4.96. The number of aliphatic hydroxyl groups is 1. The topological polar surface area (TPSA) is 208 Å². The average molecular weight is 418 g/mol. The lowest BCUT2D eigenvalue weighted by Gasteiger charge is -2.26. The number of carboxylic acid groups (broad SMARTS) is 2. The fraction of sp³-hybridized carbons (Fsp3) is 0.706. The highest BCUT2D eigenvalue weighted by Gasteiger charge is 2.31. The third kappa shape index (κ3) is 9.34. The first kappa shape index (κ1) is 26.3. The van der Waals surface area contributed by atoms with E-state index in [9.17, 15) is 29.1 Å². The first-order chi connectivity index (χ1) is 13.3. The Hall–Kier alpha value is -2.73. The van der Waals surface area contributed by atoms with Crippen LogP contribution in [-0.2, 0) is 24.0 Å². The van der Waals surface area contributed by atoms with Crippen molar-refractivity contribution >= 4 is 29.7 Å². The molecule has 0 radical (unpaired) electrons. The number of hydrogen-bond donors (Lipinski definition) is 7. The molecule has 0 heterocycles. The van der Waals surface area contributed by atoms with Crippen LogP contribution in [0.15, 0.2) is 0 Å². The van der Waals surface area contributed by atoms with Gasteiger partial charge in [0.1, 0.15) is 12.1 Å². The van der Waals surface area contributed by atoms with Crippen molar-refractivity contribution in [2.45, 2.75) is 70.8 Å². The van der Waals surface area contributed by atoms with Gasteiger partial charge in [0.25, 0.3) is 0 Å². The van der Waals surface area contributed by atoms with Crippen LogP contribution in [0.25, 0.3) is 0 Å². The highest BCUT2D eigenvalue weighted by atomic mass is 16.4. The van der Waals surface area contributed by atoms with E-state index in [2.05, 4.69) is 16.0 Å². The molecule has 0 aliphatic heterocycles. The first-order valence-corrected chi connectivity index (χ1v) is 9.07. The molecular formula is C17H30N4O8. The standard InChI is InChI=1S/C17H30N4O8/c1-7(2)12(20-15(26)10(18)5-6-11(23)24)16(27)19-8(3)14(25)21-13(9(4)22)17(28)29/h7-10,12-13,22H,5-6,18H2,1-4H3,(H,19,27)(H,20,26)(H,21,25)(H,23,24)(H,28,29)/t8-,9+,10-,12-,13-/m0/s1. The minimum atomic E-state index is -1.55. The minimum absolute atomic E-state index is 0.109. The van der Waals surface area contributed by atoms with Crippen molar-refractivity contribution in [3.05, 3.63) is 0 Å². The molecular weight excluding hydrogens is 388 g/mol. The van der Waals surface area contributed by atoms with Crippen LogP contribution in [0.4, 0.5) is 0 Å². The maximum absolute atomic E-state index is 12.5. The minimum Gasteiger partial charge on any atom is -0.481 e. The number of carboxylic acids is 2. The van der Waals surface area contributed by atoms with E-state index in [0.717, 1.165) is 0 Å². The van der Waals surface area contributed by atoms with Gasteiger partial charge in [-0.05, 0) is 26.2 Å². The van der Waals surface area contributed by atoms with Crippen LogP contribution in [0, 0.1) is 5.92 Å². The molecule has 3 amide bonds. The predicted molar refractivity (Wildman–Crippen MR) is 100 cm³/mol. The van der Waals surface area contributed by atoms with Crippen molar-refractivity contribution in [2.75, 3.05) is 0 Å². The monoisotopic (exact) mass is 418 g/mol. The maximum Gasteiger partial charge on any atom is 0.328 e. The zero-order chi connectivity index (χ0) is 22.9. The third-order valence-corrected chi connectivity index (χ3v) is 4.05. The summed E-state index contributed by atoms with van der Waals surface area (Å²) in [6, 6.07) is -4.87. The molecule has 0 aliphatic rings. The summed E-state index contributed by atoms with van der Waals surface area (Å²) in [7, 11) is 0. The quantitative estimate of drug-likeness (QED) is 0.183. The molecule has 29 heavy (non-hydrogen) atoms. The maximum atomic E-state index is 12.5. The van der Waals surface area contributed by atoms with Gasteiger partial charge < -0.3 is 37.0 Å². The number of nitrogens with two attached hydrogens (primary N) is 1. The molecule has 8 N–H and O–H groups in total. The second-order valence-electron chi connectivity index (χ2n) is 7.06. The van der Waals surface area contributed by atoms with Gasteiger partial charge in [-0.1, -0.05) is 13.8 Å². The van der Waals surface area contributed by atoms with E-state index in [0.29, 0.717) is 0 Å². The van der Waals surface area contributed by atoms with Crippen LogP contribution >= 0.6 is 0 Å². The van der Waals surface area contributed by atoms with Gasteiger partial charge in [0.05, 0.1) is 12.1 Å². The molecule has 0 bridgehead atoms. The van der Waals surface area contributed by atoms with E-state index in [1.165, 1.54) is 13.8 Å². The van der Waals surface area contributed by atoms with Gasteiger partial charge in [-0.15, -0.1) is 0 Å². The van der Waals surface area contributed by atoms with Gasteiger partial charge in [-0.2, -0.15) is 0 Å². The van der Waals surface area contributed by atoms with Crippen LogP contribution in [0.1, 0.15) is 40.5 Å². The Kier molecular flexibility index (Phi) is 10.8. The lowest BCUT2D eigenvalue weighted by molar-refractivity contribution is -0.145. The van der Waals surface area contributed by atoms with Gasteiger partial charge in [-0.3, -0.25) is 19.2 Å². The molecule has 0 aromatic rings. The number of carbonyl (C=O) groups excluding carboxylic acids is 3. The Bertz CT molecular complexity index is 623. The number of carbonyl (C=O) groups is 5. The number of amides is 3. The van der Waals surface area contributed by atoms with Gasteiger partial charge in [-0.25, -0.2) is 4.79 Å². The van der Waals surface area contributed by atoms with E-state index < -0.39 is 59.9 Å². The Morgan fingerprint density at radius 3 is 1.76 bits per heavy atom. The molecule has 0 aliphatic carbocycles. The number of aliphatic hydroxyl groups excluding tert-OH is 1. The van der Waals surface area contributed by atoms with E-state index in [1.807, 2.05) is 0 Å². The second kappa shape index (κ2) is 12.0. The van der Waals surface area contributed by atoms with Crippen LogP contribution in [0.2, 0.25) is 0 Å². The Morgan fingerprint density at radius 2 is 1.34 bits per heavy atom. The zero-order valence-corrected chi connectivity index (χ0v) is 16.8. The van der Waals surface area contributed by atoms with Gasteiger partial charge in [0.2, 0.25) is 17.7 Å². The van der Waals surface area contributed by atoms with Crippen molar-refractivity contribution in [1.29, 1.82) is 0 Å². The smallest absolute Gasteiger partial charge is 0.328 e. The Morgan fingerprint density at radius 1 is 0.828 bits per heavy atom. The summed E-state index contributed by atoms with van der Waals surface area (Å²) in [4.78, 5) is 58.3. The SMILES string of the molecule is CC(C)[C@H](NC(=O)[C@@H](N)CCC(=O)O)C(=O)N[C@@H](C)C(=O)N[C@H](C(=O)O)[C@@H](C)O. The van der Waals surface area contributed by atoms with Gasteiger partial charge in [0, 0.05) is 6.42 Å². The molecule has 0 aromatic carbocycles. The number of aliphatic carboxylic acids is 2. The van der Waals surface area contributed by atoms with Crippen LogP contribution < -0.4 is 21.7 Å². The molecule has 0 rings (SSSR count). The summed E-state index contributed by atoms with van der Waals surface area (Å²) < 4.78 is 0. The van der Waals surface area contributed by atoms with Crippen molar-refractivity contribution in [2.24, 2.45) is 11.7 Å². The summed E-state index contributed by atoms with van der Waals surface area (Å²) >= 11 is 0. The first-order valence-electron chi connectivity index (χ1n) is 9.07. The third-order valence-electron chi connectivity index (χ3n) is 4.05. The van der Waals surface area contributed by atoms with E-state index in [4.69, 9.17) is 15.9 Å². The van der Waals surface area contributed by atoms with Crippen molar-refractivity contribution in [3.63, 3.8) is 0 Å². The summed E-state index contributed by atoms with van der Waals surface area (Å²) in [5.74, 6) is -5.18. The molecule has 12 nitrogen and oxygen atoms in total. The Labute approximate surface area is 168 Å². The van der Waals surface area contributed by atoms with Crippen molar-refractivity contribution in [3.8, 4) is 0 Å². The van der Waals surface area contributed by atoms with Crippen LogP contribution in [-0.4, -0.2) is 75.3 Å². The molecule has 0 saturated carbocycles. The van der Waals surface area contributed by atoms with Gasteiger partial charge >= 0.3 is 11.9 Å². The van der Waals surface area contributed by atoms with Gasteiger partial charge in [0.15, 0.2) is 6.04 Å². The highest BCUT2D eigenvalue weighted by Crippen LogP contribution is 2.05. The average Bonchev–Trinajstić information content (AvgIpc) is 2.60. The van der Waals surface area contributed by atoms with Crippen molar-refractivity contribution < 1.29 is 39.3 Å². The second-order valence-corrected chi connectivity index (χ2v) is 7.06. The van der Waals surface area contributed by atoms with E-state index in [-0.39, 0.29) is 18.8 Å². The summed E-state index contributed by atoms with van der Waals surface area (Å²) in [5.41, 5.74) is 5.62. The fourth-order valence-electron chi connectivity index (χ4n) is 2.24. The number of hydrogen-bond acceptors (Lipinski definition) is 7. The summed E-state index contributed by atoms with van der Waals surface area (Å²) in [6.45, 7) is 5.80. The number of rotatable bonds is 12. The lowest BCUT2D eigenvalue weighted by atomic mass is 10.0. The molecule has 0 aromatic heterocycles. The molecule has 0 spiro atoms. The molecule has 0 unspecified atom stereocenters. The number of nitrogens with one attached hydrogen (secondary N) is 3. The highest BCUT2D eigenvalue weighted by molar-refractivity contribution is 5.94. The normalized spacial score (nSPS) is 16.1. The summed E-state index contributed by atoms with van der Waals surface area (Å²) in [6.07, 6.45) is -1.77. The molecule has 0 saturated heterocycles. The molecule has 5 atom stereocenters. The van der Waals surface area contributed by atoms with Crippen LogP contribution in [0.3, 0.4) is 0 Å². The van der Waals surface area contributed by atoms with Crippen molar-refractivity contribution in [1.82, 2.24) is 16.0 Å². The van der Waals surface area contributed by atoms with E-state index >= 15 is 0 Å². The van der Waals surface area contributed by atoms with Crippen LogP contribution in [0.5, 0.6) is 0 Å². The zero-order valence-electron chi connectivity index (χ0n) is 16.8. The fourth-order valence-corrected chi connectivity index (χ4v) is 2.24. The molecule has 0 fully saturated rings. The summed E-state index contributed by atoms with van der Waals surface area (Å²) in [5, 5.41) is 33.9. The molecule has 12 heteroatoms. The van der Waals surface area contributed by atoms with E-state index in [1.54, 1.807) is 13.8 Å².